The van der Waals surface area contributed by atoms with E-state index in [1.807, 2.05) is 18.7 Å². The summed E-state index contributed by atoms with van der Waals surface area (Å²) in [5, 5.41) is 8.11. The summed E-state index contributed by atoms with van der Waals surface area (Å²) in [6.07, 6.45) is -2.92. The Bertz CT molecular complexity index is 742. The van der Waals surface area contributed by atoms with E-state index in [9.17, 15) is 13.2 Å². The number of thiazole rings is 1. The van der Waals surface area contributed by atoms with Crippen LogP contribution in [0.1, 0.15) is 23.6 Å². The van der Waals surface area contributed by atoms with Crippen molar-refractivity contribution < 1.29 is 13.2 Å². The van der Waals surface area contributed by atoms with Crippen LogP contribution >= 0.6 is 11.3 Å². The molecule has 1 aromatic carbocycles. The Labute approximate surface area is 124 Å². The summed E-state index contributed by atoms with van der Waals surface area (Å²) in [5.74, 6) is 0. The molecule has 7 heteroatoms. The first-order valence-electron chi connectivity index (χ1n) is 6.72. The molecular weight excluding hydrogens is 299 g/mol. The second-order valence-corrected chi connectivity index (χ2v) is 6.74. The molecule has 0 saturated heterocycles. The lowest BCUT2D eigenvalue weighted by molar-refractivity contribution is -0.137. The number of halogens is 3. The minimum absolute atomic E-state index is 0.158. The van der Waals surface area contributed by atoms with Gasteiger partial charge in [0.05, 0.1) is 15.8 Å². The Hall–Kier alpha value is -1.34. The molecule has 1 aliphatic heterocycles. The van der Waals surface area contributed by atoms with Gasteiger partial charge in [-0.05, 0) is 44.6 Å². The number of hydrogen-bond donors (Lipinski definition) is 1. The summed E-state index contributed by atoms with van der Waals surface area (Å²) in [5.41, 5.74) is 0.921. The van der Waals surface area contributed by atoms with Crippen molar-refractivity contribution in [1.29, 1.82) is 5.41 Å². The lowest BCUT2D eigenvalue weighted by atomic mass is 9.97. The van der Waals surface area contributed by atoms with Crippen molar-refractivity contribution in [2.24, 2.45) is 0 Å². The van der Waals surface area contributed by atoms with Gasteiger partial charge in [0.2, 0.25) is 0 Å². The maximum atomic E-state index is 13.0. The third kappa shape index (κ3) is 2.48. The van der Waals surface area contributed by atoms with Gasteiger partial charge < -0.3 is 9.47 Å². The largest absolute Gasteiger partial charge is 0.416 e. The molecule has 0 aliphatic carbocycles. The highest BCUT2D eigenvalue weighted by molar-refractivity contribution is 7.16. The summed E-state index contributed by atoms with van der Waals surface area (Å²) < 4.78 is 41.3. The zero-order chi connectivity index (χ0) is 15.4. The fourth-order valence-electron chi connectivity index (χ4n) is 3.02. The summed E-state index contributed by atoms with van der Waals surface area (Å²) in [6, 6.07) is 2.58. The number of nitrogens with one attached hydrogen (secondary N) is 1. The van der Waals surface area contributed by atoms with Gasteiger partial charge in [-0.25, -0.2) is 0 Å². The molecule has 0 bridgehead atoms. The highest BCUT2D eigenvalue weighted by Crippen LogP contribution is 2.38. The van der Waals surface area contributed by atoms with E-state index in [1.54, 1.807) is 0 Å². The molecule has 0 saturated carbocycles. The van der Waals surface area contributed by atoms with E-state index in [-0.39, 0.29) is 6.04 Å². The fraction of sp³-hybridized carbons (Fsp3) is 0.500. The van der Waals surface area contributed by atoms with Gasteiger partial charge in [-0.2, -0.15) is 13.2 Å². The van der Waals surface area contributed by atoms with Crippen molar-refractivity contribution in [3.05, 3.63) is 28.1 Å². The monoisotopic (exact) mass is 315 g/mol. The maximum Gasteiger partial charge on any atom is 0.416 e. The average Bonchev–Trinajstić information content (AvgIpc) is 2.69. The molecule has 0 fully saturated rings. The number of likely N-dealkylation sites (N-methyl/N-ethyl adjacent to an activating group) is 1. The zero-order valence-electron chi connectivity index (χ0n) is 11.8. The van der Waals surface area contributed by atoms with Crippen molar-refractivity contribution >= 4 is 21.6 Å². The molecule has 2 heterocycles. The molecule has 21 heavy (non-hydrogen) atoms. The molecule has 114 valence electrons. The number of hydrogen-bond acceptors (Lipinski definition) is 3. The second-order valence-electron chi connectivity index (χ2n) is 5.71. The van der Waals surface area contributed by atoms with Crippen LogP contribution in [0.3, 0.4) is 0 Å². The Morgan fingerprint density at radius 3 is 2.71 bits per heavy atom. The highest BCUT2D eigenvalue weighted by Gasteiger charge is 2.33. The molecular formula is C14H16F3N3S. The van der Waals surface area contributed by atoms with Crippen molar-refractivity contribution in [2.75, 3.05) is 20.6 Å². The Kier molecular flexibility index (Phi) is 3.37. The van der Waals surface area contributed by atoms with Gasteiger partial charge in [0.1, 0.15) is 0 Å². The van der Waals surface area contributed by atoms with Gasteiger partial charge in [-0.1, -0.05) is 11.3 Å². The van der Waals surface area contributed by atoms with Crippen LogP contribution in [0, 0.1) is 5.41 Å². The van der Waals surface area contributed by atoms with Gasteiger partial charge in [0, 0.05) is 12.6 Å². The Morgan fingerprint density at radius 2 is 2.10 bits per heavy atom. The minimum atomic E-state index is -4.33. The number of rotatable bonds is 2. The third-order valence-corrected chi connectivity index (χ3v) is 4.76. The molecule has 2 aromatic rings. The van der Waals surface area contributed by atoms with Crippen LogP contribution in [0.5, 0.6) is 0 Å². The SMILES string of the molecule is CN(C)C[C@H]1CCc2cc(C(F)(F)F)cc3sc(=N)n1c23. The van der Waals surface area contributed by atoms with Crippen LogP contribution in [-0.4, -0.2) is 30.1 Å². The first-order valence-corrected chi connectivity index (χ1v) is 7.53. The fourth-order valence-corrected chi connectivity index (χ4v) is 4.08. The molecule has 1 aliphatic rings. The van der Waals surface area contributed by atoms with E-state index in [0.29, 0.717) is 21.5 Å². The van der Waals surface area contributed by atoms with E-state index >= 15 is 0 Å². The van der Waals surface area contributed by atoms with E-state index in [2.05, 4.69) is 4.90 Å². The Balaban J connectivity index is 2.21. The highest BCUT2D eigenvalue weighted by atomic mass is 32.1. The predicted octanol–water partition coefficient (Wildman–Crippen LogP) is 3.25. The van der Waals surface area contributed by atoms with Gasteiger partial charge in [0.15, 0.2) is 4.80 Å². The molecule has 0 unspecified atom stereocenters. The lowest BCUT2D eigenvalue weighted by Gasteiger charge is -2.28. The summed E-state index contributed by atoms with van der Waals surface area (Å²) in [7, 11) is 3.94. The lowest BCUT2D eigenvalue weighted by Crippen LogP contribution is -2.32. The van der Waals surface area contributed by atoms with Crippen molar-refractivity contribution in [2.45, 2.75) is 25.1 Å². The first-order chi connectivity index (χ1) is 9.77. The first kappa shape index (κ1) is 14.6. The molecule has 0 spiro atoms. The third-order valence-electron chi connectivity index (χ3n) is 3.84. The molecule has 0 amide bonds. The standard InChI is InChI=1S/C14H16F3N3S/c1-19(2)7-10-4-3-8-5-9(14(15,16)17)6-11-12(8)20(10)13(18)21-11/h5-6,10,18H,3-4,7H2,1-2H3/t10-/m1/s1. The van der Waals surface area contributed by atoms with Gasteiger partial charge in [-0.3, -0.25) is 5.41 Å². The summed E-state index contributed by atoms with van der Waals surface area (Å²) in [6.45, 7) is 0.794. The van der Waals surface area contributed by atoms with Crippen LogP contribution in [0.4, 0.5) is 13.2 Å². The quantitative estimate of drug-likeness (QED) is 0.906. The second kappa shape index (κ2) is 4.84. The van der Waals surface area contributed by atoms with Gasteiger partial charge in [0.25, 0.3) is 0 Å². The topological polar surface area (TPSA) is 32.0 Å². The Morgan fingerprint density at radius 1 is 1.38 bits per heavy atom. The van der Waals surface area contributed by atoms with Crippen LogP contribution < -0.4 is 4.80 Å². The molecule has 1 atom stereocenters. The summed E-state index contributed by atoms with van der Waals surface area (Å²) in [4.78, 5) is 2.38. The molecule has 0 radical (unpaired) electrons. The minimum Gasteiger partial charge on any atom is -0.312 e. The van der Waals surface area contributed by atoms with E-state index in [0.717, 1.165) is 29.8 Å². The van der Waals surface area contributed by atoms with Crippen LogP contribution in [-0.2, 0) is 12.6 Å². The zero-order valence-corrected chi connectivity index (χ0v) is 12.6. The predicted molar refractivity (Wildman–Crippen MR) is 76.6 cm³/mol. The van der Waals surface area contributed by atoms with E-state index in [1.165, 1.54) is 12.1 Å². The van der Waals surface area contributed by atoms with Crippen molar-refractivity contribution in [3.63, 3.8) is 0 Å². The van der Waals surface area contributed by atoms with Crippen LogP contribution in [0.2, 0.25) is 0 Å². The van der Waals surface area contributed by atoms with Crippen molar-refractivity contribution in [1.82, 2.24) is 9.47 Å². The number of alkyl halides is 3. The molecule has 1 aromatic heterocycles. The number of nitrogens with zero attached hydrogens (tertiary/aromatic N) is 2. The maximum absolute atomic E-state index is 13.0. The average molecular weight is 315 g/mol. The smallest absolute Gasteiger partial charge is 0.312 e. The van der Waals surface area contributed by atoms with E-state index in [4.69, 9.17) is 5.41 Å². The molecule has 3 nitrogen and oxygen atoms in total. The van der Waals surface area contributed by atoms with Crippen molar-refractivity contribution in [3.8, 4) is 0 Å². The molecule has 3 rings (SSSR count). The van der Waals surface area contributed by atoms with Gasteiger partial charge >= 0.3 is 6.18 Å². The normalized spacial score (nSPS) is 18.7. The number of benzene rings is 1. The van der Waals surface area contributed by atoms with E-state index < -0.39 is 11.7 Å². The van der Waals surface area contributed by atoms with Crippen LogP contribution in [0.15, 0.2) is 12.1 Å². The summed E-state index contributed by atoms with van der Waals surface area (Å²) >= 11 is 1.13. The van der Waals surface area contributed by atoms with Gasteiger partial charge in [-0.15, -0.1) is 0 Å². The number of aromatic nitrogens is 1. The molecule has 1 N–H and O–H groups in total. The number of aryl methyl sites for hydroxylation is 1. The van der Waals surface area contributed by atoms with Crippen LogP contribution in [0.25, 0.3) is 10.2 Å².